The molecule has 0 aliphatic carbocycles. The Morgan fingerprint density at radius 2 is 2.21 bits per heavy atom. The SMILES string of the molecule is CCN(CCCO)C(C)CC(=O)OC. The summed E-state index contributed by atoms with van der Waals surface area (Å²) in [7, 11) is 1.40. The summed E-state index contributed by atoms with van der Waals surface area (Å²) in [4.78, 5) is 13.2. The highest BCUT2D eigenvalue weighted by Crippen LogP contribution is 2.05. The molecule has 0 saturated heterocycles. The molecule has 4 nitrogen and oxygen atoms in total. The number of aliphatic hydroxyl groups excluding tert-OH is 1. The van der Waals surface area contributed by atoms with Crippen molar-refractivity contribution in [3.8, 4) is 0 Å². The maximum absolute atomic E-state index is 11.0. The summed E-state index contributed by atoms with van der Waals surface area (Å²) in [5.74, 6) is -0.181. The maximum atomic E-state index is 11.0. The minimum Gasteiger partial charge on any atom is -0.469 e. The zero-order valence-electron chi connectivity index (χ0n) is 9.32. The molecule has 0 amide bonds. The number of hydrogen-bond acceptors (Lipinski definition) is 4. The van der Waals surface area contributed by atoms with Crippen LogP contribution in [0.1, 0.15) is 26.7 Å². The smallest absolute Gasteiger partial charge is 0.307 e. The highest BCUT2D eigenvalue weighted by molar-refractivity contribution is 5.69. The molecule has 0 rings (SSSR count). The number of aliphatic hydroxyl groups is 1. The van der Waals surface area contributed by atoms with Gasteiger partial charge >= 0.3 is 5.97 Å². The Morgan fingerprint density at radius 1 is 1.57 bits per heavy atom. The largest absolute Gasteiger partial charge is 0.469 e. The highest BCUT2D eigenvalue weighted by atomic mass is 16.5. The van der Waals surface area contributed by atoms with E-state index in [9.17, 15) is 4.79 Å². The molecule has 84 valence electrons. The second-order valence-corrected chi connectivity index (χ2v) is 3.34. The van der Waals surface area contributed by atoms with E-state index >= 15 is 0 Å². The Morgan fingerprint density at radius 3 is 2.64 bits per heavy atom. The lowest BCUT2D eigenvalue weighted by Gasteiger charge is -2.26. The van der Waals surface area contributed by atoms with E-state index in [0.717, 1.165) is 19.5 Å². The van der Waals surface area contributed by atoms with Crippen molar-refractivity contribution in [2.45, 2.75) is 32.7 Å². The van der Waals surface area contributed by atoms with Gasteiger partial charge in [-0.15, -0.1) is 0 Å². The lowest BCUT2D eigenvalue weighted by molar-refractivity contribution is -0.141. The van der Waals surface area contributed by atoms with Crippen LogP contribution in [0.25, 0.3) is 0 Å². The summed E-state index contributed by atoms with van der Waals surface area (Å²) in [5, 5.41) is 8.70. The van der Waals surface area contributed by atoms with Gasteiger partial charge in [-0.3, -0.25) is 4.79 Å². The lowest BCUT2D eigenvalue weighted by Crippen LogP contribution is -2.35. The van der Waals surface area contributed by atoms with E-state index < -0.39 is 0 Å². The van der Waals surface area contributed by atoms with Gasteiger partial charge in [-0.1, -0.05) is 6.92 Å². The minimum atomic E-state index is -0.181. The maximum Gasteiger partial charge on any atom is 0.307 e. The van der Waals surface area contributed by atoms with Gasteiger partial charge in [-0.2, -0.15) is 0 Å². The van der Waals surface area contributed by atoms with Gasteiger partial charge in [0.05, 0.1) is 13.5 Å². The monoisotopic (exact) mass is 203 g/mol. The van der Waals surface area contributed by atoms with E-state index in [1.54, 1.807) is 0 Å². The van der Waals surface area contributed by atoms with E-state index in [0.29, 0.717) is 6.42 Å². The Balaban J connectivity index is 3.90. The predicted octanol–water partition coefficient (Wildman–Crippen LogP) is 0.642. The van der Waals surface area contributed by atoms with Crippen LogP contribution in [0.15, 0.2) is 0 Å². The van der Waals surface area contributed by atoms with Crippen molar-refractivity contribution in [1.82, 2.24) is 4.90 Å². The van der Waals surface area contributed by atoms with Crippen molar-refractivity contribution >= 4 is 5.97 Å². The molecule has 4 heteroatoms. The van der Waals surface area contributed by atoms with Gasteiger partial charge in [0.2, 0.25) is 0 Å². The molecular formula is C10H21NO3. The third-order valence-corrected chi connectivity index (χ3v) is 2.32. The topological polar surface area (TPSA) is 49.8 Å². The second-order valence-electron chi connectivity index (χ2n) is 3.34. The first-order valence-corrected chi connectivity index (χ1v) is 5.07. The van der Waals surface area contributed by atoms with E-state index in [-0.39, 0.29) is 18.6 Å². The average molecular weight is 203 g/mol. The Bertz CT molecular complexity index is 161. The fraction of sp³-hybridized carbons (Fsp3) is 0.900. The first-order valence-electron chi connectivity index (χ1n) is 5.07. The molecule has 0 spiro atoms. The van der Waals surface area contributed by atoms with E-state index in [4.69, 9.17) is 5.11 Å². The lowest BCUT2D eigenvalue weighted by atomic mass is 10.2. The van der Waals surface area contributed by atoms with Crippen LogP contribution in [0, 0.1) is 0 Å². The van der Waals surface area contributed by atoms with Crippen LogP contribution in [0.2, 0.25) is 0 Å². The van der Waals surface area contributed by atoms with Crippen LogP contribution in [-0.2, 0) is 9.53 Å². The summed E-state index contributed by atoms with van der Waals surface area (Å²) in [6.45, 7) is 5.95. The third kappa shape index (κ3) is 5.19. The van der Waals surface area contributed by atoms with E-state index in [1.165, 1.54) is 7.11 Å². The Labute approximate surface area is 85.9 Å². The third-order valence-electron chi connectivity index (χ3n) is 2.32. The molecular weight excluding hydrogens is 182 g/mol. The molecule has 0 heterocycles. The van der Waals surface area contributed by atoms with Crippen LogP contribution in [0.3, 0.4) is 0 Å². The van der Waals surface area contributed by atoms with Crippen LogP contribution < -0.4 is 0 Å². The van der Waals surface area contributed by atoms with Gasteiger partial charge < -0.3 is 14.7 Å². The molecule has 0 aliphatic rings. The van der Waals surface area contributed by atoms with Gasteiger partial charge in [0.1, 0.15) is 0 Å². The molecule has 0 aromatic heterocycles. The number of rotatable bonds is 7. The first kappa shape index (κ1) is 13.4. The van der Waals surface area contributed by atoms with Crippen molar-refractivity contribution in [1.29, 1.82) is 0 Å². The standard InChI is InChI=1S/C10H21NO3/c1-4-11(6-5-7-12)9(2)8-10(13)14-3/h9,12H,4-8H2,1-3H3. The number of carbonyl (C=O) groups excluding carboxylic acids is 1. The normalized spacial score (nSPS) is 12.9. The van der Waals surface area contributed by atoms with Gasteiger partial charge in [0, 0.05) is 19.2 Å². The van der Waals surface area contributed by atoms with Crippen molar-refractivity contribution in [2.75, 3.05) is 26.8 Å². The molecule has 0 aromatic rings. The molecule has 0 aliphatic heterocycles. The van der Waals surface area contributed by atoms with Crippen LogP contribution in [-0.4, -0.2) is 48.8 Å². The van der Waals surface area contributed by atoms with E-state index in [2.05, 4.69) is 9.64 Å². The highest BCUT2D eigenvalue weighted by Gasteiger charge is 2.15. The van der Waals surface area contributed by atoms with Crippen LogP contribution in [0.5, 0.6) is 0 Å². The summed E-state index contributed by atoms with van der Waals surface area (Å²) >= 11 is 0. The zero-order valence-corrected chi connectivity index (χ0v) is 9.32. The molecule has 0 aromatic carbocycles. The van der Waals surface area contributed by atoms with Crippen molar-refractivity contribution in [3.05, 3.63) is 0 Å². The summed E-state index contributed by atoms with van der Waals surface area (Å²) in [6, 6.07) is 0.180. The number of methoxy groups -OCH3 is 1. The van der Waals surface area contributed by atoms with Crippen LogP contribution >= 0.6 is 0 Å². The Hall–Kier alpha value is -0.610. The number of ether oxygens (including phenoxy) is 1. The van der Waals surface area contributed by atoms with Crippen molar-refractivity contribution in [3.63, 3.8) is 0 Å². The number of hydrogen-bond donors (Lipinski definition) is 1. The summed E-state index contributed by atoms with van der Waals surface area (Å²) in [5.41, 5.74) is 0. The molecule has 14 heavy (non-hydrogen) atoms. The molecule has 1 unspecified atom stereocenters. The average Bonchev–Trinajstić information content (AvgIpc) is 2.18. The number of nitrogens with zero attached hydrogens (tertiary/aromatic N) is 1. The van der Waals surface area contributed by atoms with Gasteiger partial charge in [0.15, 0.2) is 0 Å². The van der Waals surface area contributed by atoms with Crippen molar-refractivity contribution < 1.29 is 14.6 Å². The molecule has 1 atom stereocenters. The predicted molar refractivity (Wildman–Crippen MR) is 55.0 cm³/mol. The first-order chi connectivity index (χ1) is 6.65. The van der Waals surface area contributed by atoms with Gasteiger partial charge in [-0.05, 0) is 19.9 Å². The molecule has 0 saturated carbocycles. The summed E-state index contributed by atoms with van der Waals surface area (Å²) in [6.07, 6.45) is 1.16. The van der Waals surface area contributed by atoms with Gasteiger partial charge in [-0.25, -0.2) is 0 Å². The fourth-order valence-electron chi connectivity index (χ4n) is 1.42. The van der Waals surface area contributed by atoms with E-state index in [1.807, 2.05) is 13.8 Å². The molecule has 0 fully saturated rings. The molecule has 0 radical (unpaired) electrons. The van der Waals surface area contributed by atoms with Gasteiger partial charge in [0.25, 0.3) is 0 Å². The number of carbonyl (C=O) groups is 1. The minimum absolute atomic E-state index is 0.180. The fourth-order valence-corrected chi connectivity index (χ4v) is 1.42. The molecule has 1 N–H and O–H groups in total. The quantitative estimate of drug-likeness (QED) is 0.617. The second kappa shape index (κ2) is 7.76. The molecule has 0 bridgehead atoms. The summed E-state index contributed by atoms with van der Waals surface area (Å²) < 4.78 is 4.61. The zero-order chi connectivity index (χ0) is 11.0. The van der Waals surface area contributed by atoms with Crippen LogP contribution in [0.4, 0.5) is 0 Å². The Kier molecular flexibility index (Phi) is 7.42. The number of esters is 1. The van der Waals surface area contributed by atoms with Crippen molar-refractivity contribution in [2.24, 2.45) is 0 Å².